The maximum atomic E-state index is 14.8. The third-order valence-corrected chi connectivity index (χ3v) is 6.22. The summed E-state index contributed by atoms with van der Waals surface area (Å²) in [5.74, 6) is -2.00. The average Bonchev–Trinajstić information content (AvgIpc) is 3.27. The SMILES string of the molecule is CC(C)Oc1ccc(-n2nc(C(N)=O)c3c2C(=O)N(c2ccccc2N2CCOCC2=O)CC3)cc1F. The van der Waals surface area contributed by atoms with Gasteiger partial charge in [0, 0.05) is 24.7 Å². The maximum absolute atomic E-state index is 14.8. The van der Waals surface area contributed by atoms with Crippen LogP contribution in [0.5, 0.6) is 5.75 Å². The van der Waals surface area contributed by atoms with Crippen LogP contribution in [0.15, 0.2) is 42.5 Å². The molecular formula is C26H26FN5O5. The van der Waals surface area contributed by atoms with Crippen molar-refractivity contribution in [1.82, 2.24) is 9.78 Å². The lowest BCUT2D eigenvalue weighted by Gasteiger charge is -2.34. The first-order valence-corrected chi connectivity index (χ1v) is 11.9. The summed E-state index contributed by atoms with van der Waals surface area (Å²) in [4.78, 5) is 41.8. The van der Waals surface area contributed by atoms with Crippen LogP contribution in [-0.2, 0) is 16.0 Å². The van der Waals surface area contributed by atoms with Crippen LogP contribution in [-0.4, -0.2) is 59.9 Å². The quantitative estimate of drug-likeness (QED) is 0.547. The topological polar surface area (TPSA) is 120 Å². The number of anilines is 2. The summed E-state index contributed by atoms with van der Waals surface area (Å²) in [7, 11) is 0. The number of rotatable bonds is 6. The molecule has 0 bridgehead atoms. The summed E-state index contributed by atoms with van der Waals surface area (Å²) < 4.78 is 26.8. The number of para-hydroxylation sites is 2. The number of amides is 3. The second-order valence-corrected chi connectivity index (χ2v) is 9.03. The monoisotopic (exact) mass is 507 g/mol. The number of benzene rings is 2. The molecule has 37 heavy (non-hydrogen) atoms. The van der Waals surface area contributed by atoms with Crippen molar-refractivity contribution in [3.63, 3.8) is 0 Å². The number of nitrogens with zero attached hydrogens (tertiary/aromatic N) is 4. The van der Waals surface area contributed by atoms with E-state index >= 15 is 0 Å². The summed E-state index contributed by atoms with van der Waals surface area (Å²) >= 11 is 0. The van der Waals surface area contributed by atoms with Gasteiger partial charge in [0.1, 0.15) is 12.3 Å². The number of carbonyl (C=O) groups excluding carboxylic acids is 3. The molecule has 2 aliphatic heterocycles. The van der Waals surface area contributed by atoms with E-state index < -0.39 is 17.6 Å². The van der Waals surface area contributed by atoms with Gasteiger partial charge in [0.15, 0.2) is 17.3 Å². The molecule has 0 saturated carbocycles. The minimum absolute atomic E-state index is 0.0384. The molecule has 3 aromatic rings. The molecule has 0 spiro atoms. The van der Waals surface area contributed by atoms with Gasteiger partial charge in [-0.05, 0) is 44.5 Å². The van der Waals surface area contributed by atoms with Gasteiger partial charge >= 0.3 is 0 Å². The van der Waals surface area contributed by atoms with Crippen LogP contribution in [0.4, 0.5) is 15.8 Å². The Balaban J connectivity index is 1.59. The smallest absolute Gasteiger partial charge is 0.277 e. The Morgan fingerprint density at radius 1 is 1.11 bits per heavy atom. The molecule has 1 fully saturated rings. The molecule has 3 amide bonds. The van der Waals surface area contributed by atoms with E-state index in [-0.39, 0.29) is 48.0 Å². The van der Waals surface area contributed by atoms with E-state index in [0.29, 0.717) is 36.5 Å². The number of carbonyl (C=O) groups is 3. The Kier molecular flexibility index (Phi) is 6.38. The predicted octanol–water partition coefficient (Wildman–Crippen LogP) is 2.46. The first-order valence-electron chi connectivity index (χ1n) is 11.9. The molecule has 0 aliphatic carbocycles. The van der Waals surface area contributed by atoms with Crippen molar-refractivity contribution in [1.29, 1.82) is 0 Å². The van der Waals surface area contributed by atoms with Crippen molar-refractivity contribution in [2.75, 3.05) is 36.1 Å². The minimum atomic E-state index is -0.782. The molecule has 11 heteroatoms. The van der Waals surface area contributed by atoms with Crippen molar-refractivity contribution in [2.24, 2.45) is 5.73 Å². The number of hydrogen-bond acceptors (Lipinski definition) is 6. The van der Waals surface area contributed by atoms with Gasteiger partial charge in [-0.3, -0.25) is 14.4 Å². The van der Waals surface area contributed by atoms with Gasteiger partial charge in [-0.25, -0.2) is 9.07 Å². The van der Waals surface area contributed by atoms with Gasteiger partial charge in [0.2, 0.25) is 0 Å². The zero-order chi connectivity index (χ0) is 26.3. The number of nitrogens with two attached hydrogens (primary N) is 1. The highest BCUT2D eigenvalue weighted by Crippen LogP contribution is 2.35. The van der Waals surface area contributed by atoms with Crippen LogP contribution < -0.4 is 20.3 Å². The van der Waals surface area contributed by atoms with E-state index in [4.69, 9.17) is 15.2 Å². The third-order valence-electron chi connectivity index (χ3n) is 6.22. The van der Waals surface area contributed by atoms with Gasteiger partial charge in [-0.1, -0.05) is 12.1 Å². The molecule has 10 nitrogen and oxygen atoms in total. The summed E-state index contributed by atoms with van der Waals surface area (Å²) in [6.45, 7) is 4.51. The van der Waals surface area contributed by atoms with Gasteiger partial charge < -0.3 is 25.0 Å². The first kappa shape index (κ1) is 24.4. The lowest BCUT2D eigenvalue weighted by Crippen LogP contribution is -2.44. The molecule has 2 aromatic carbocycles. The average molecular weight is 508 g/mol. The summed E-state index contributed by atoms with van der Waals surface area (Å²) in [5, 5.41) is 4.30. The Labute approximate surface area is 212 Å². The van der Waals surface area contributed by atoms with Gasteiger partial charge in [-0.2, -0.15) is 5.10 Å². The molecule has 0 atom stereocenters. The van der Waals surface area contributed by atoms with Crippen molar-refractivity contribution < 1.29 is 28.2 Å². The zero-order valence-corrected chi connectivity index (χ0v) is 20.4. The number of halogens is 1. The summed E-state index contributed by atoms with van der Waals surface area (Å²) in [6, 6.07) is 11.3. The van der Waals surface area contributed by atoms with Crippen molar-refractivity contribution in [3.8, 4) is 11.4 Å². The van der Waals surface area contributed by atoms with Crippen LogP contribution in [0.2, 0.25) is 0 Å². The molecule has 2 N–H and O–H groups in total. The summed E-state index contributed by atoms with van der Waals surface area (Å²) in [6.07, 6.45) is 0.0646. The van der Waals surface area contributed by atoms with Gasteiger partial charge in [0.05, 0.1) is 29.8 Å². The number of morpholine rings is 1. The standard InChI is InChI=1S/C26H26FN5O5/c1-15(2)37-21-8-7-16(13-18(21)27)32-24-17(23(29-32)25(28)34)9-10-31(26(24)35)20-6-4-3-5-19(20)30-11-12-36-14-22(30)33/h3-8,13,15H,9-12,14H2,1-2H3,(H2,28,34). The number of primary amides is 1. The molecular weight excluding hydrogens is 481 g/mol. The Morgan fingerprint density at radius 2 is 1.84 bits per heavy atom. The fourth-order valence-corrected chi connectivity index (χ4v) is 4.64. The maximum Gasteiger partial charge on any atom is 0.277 e. The molecule has 3 heterocycles. The fraction of sp³-hybridized carbons (Fsp3) is 0.308. The van der Waals surface area contributed by atoms with E-state index in [1.165, 1.54) is 21.7 Å². The highest BCUT2D eigenvalue weighted by Gasteiger charge is 2.36. The van der Waals surface area contributed by atoms with Gasteiger partial charge in [-0.15, -0.1) is 0 Å². The van der Waals surface area contributed by atoms with E-state index in [1.807, 2.05) is 0 Å². The molecule has 1 saturated heterocycles. The second-order valence-electron chi connectivity index (χ2n) is 9.03. The molecule has 192 valence electrons. The Hall–Kier alpha value is -4.25. The highest BCUT2D eigenvalue weighted by atomic mass is 19.1. The van der Waals surface area contributed by atoms with Crippen LogP contribution >= 0.6 is 0 Å². The highest BCUT2D eigenvalue weighted by molar-refractivity contribution is 6.12. The van der Waals surface area contributed by atoms with Crippen molar-refractivity contribution >= 4 is 29.1 Å². The van der Waals surface area contributed by atoms with Crippen LogP contribution in [0.1, 0.15) is 40.4 Å². The van der Waals surface area contributed by atoms with E-state index in [2.05, 4.69) is 5.10 Å². The molecule has 5 rings (SSSR count). The minimum Gasteiger partial charge on any atom is -0.488 e. The van der Waals surface area contributed by atoms with Gasteiger partial charge in [0.25, 0.3) is 17.7 Å². The van der Waals surface area contributed by atoms with E-state index in [9.17, 15) is 18.8 Å². The third kappa shape index (κ3) is 4.42. The van der Waals surface area contributed by atoms with E-state index in [1.54, 1.807) is 49.1 Å². The predicted molar refractivity (Wildman–Crippen MR) is 133 cm³/mol. The molecule has 1 aromatic heterocycles. The number of ether oxygens (including phenoxy) is 2. The number of fused-ring (bicyclic) bond motifs is 1. The largest absolute Gasteiger partial charge is 0.488 e. The van der Waals surface area contributed by atoms with Crippen LogP contribution in [0, 0.1) is 5.82 Å². The second kappa shape index (κ2) is 9.66. The number of aromatic nitrogens is 2. The Morgan fingerprint density at radius 3 is 2.49 bits per heavy atom. The van der Waals surface area contributed by atoms with E-state index in [0.717, 1.165) is 0 Å². The van der Waals surface area contributed by atoms with Crippen LogP contribution in [0.25, 0.3) is 5.69 Å². The van der Waals surface area contributed by atoms with Crippen LogP contribution in [0.3, 0.4) is 0 Å². The molecule has 0 unspecified atom stereocenters. The fourth-order valence-electron chi connectivity index (χ4n) is 4.64. The summed E-state index contributed by atoms with van der Waals surface area (Å²) in [5.41, 5.74) is 7.40. The lowest BCUT2D eigenvalue weighted by atomic mass is 10.0. The first-order chi connectivity index (χ1) is 17.8. The lowest BCUT2D eigenvalue weighted by molar-refractivity contribution is -0.125. The number of hydrogen-bond donors (Lipinski definition) is 1. The zero-order valence-electron chi connectivity index (χ0n) is 20.4. The molecule has 0 radical (unpaired) electrons. The van der Waals surface area contributed by atoms with Crippen molar-refractivity contribution in [2.45, 2.75) is 26.4 Å². The molecule has 2 aliphatic rings. The normalized spacial score (nSPS) is 15.8. The van der Waals surface area contributed by atoms with Crippen molar-refractivity contribution in [3.05, 3.63) is 65.2 Å². The Bertz CT molecular complexity index is 1400.